The molecule has 1 heterocycles. The van der Waals surface area contributed by atoms with E-state index in [1.54, 1.807) is 12.1 Å². The van der Waals surface area contributed by atoms with Crippen LogP contribution in [-0.4, -0.2) is 39.5 Å². The standard InChI is InChI=1S/C14H23N3O2S/c1-2-12-5-6-13(15)11-14(12)20(18,19)16-7-10-17-8-3-4-9-17/h5-6,11,16H,2-4,7-10,15H2,1H3. The number of hydrogen-bond acceptors (Lipinski definition) is 4. The summed E-state index contributed by atoms with van der Waals surface area (Å²) in [6, 6.07) is 5.06. The zero-order valence-electron chi connectivity index (χ0n) is 11.9. The molecule has 0 saturated carbocycles. The van der Waals surface area contributed by atoms with Crippen LogP contribution in [0.1, 0.15) is 25.3 Å². The van der Waals surface area contributed by atoms with Crippen molar-refractivity contribution >= 4 is 15.7 Å². The Labute approximate surface area is 121 Å². The second-order valence-corrected chi connectivity index (χ2v) is 6.90. The van der Waals surface area contributed by atoms with Gasteiger partial charge < -0.3 is 10.6 Å². The first-order valence-electron chi connectivity index (χ1n) is 7.13. The Morgan fingerprint density at radius 1 is 1.30 bits per heavy atom. The van der Waals surface area contributed by atoms with Crippen LogP contribution in [0.3, 0.4) is 0 Å². The minimum absolute atomic E-state index is 0.307. The summed E-state index contributed by atoms with van der Waals surface area (Å²) in [7, 11) is -3.47. The van der Waals surface area contributed by atoms with Gasteiger partial charge in [0.05, 0.1) is 4.90 Å². The maximum absolute atomic E-state index is 12.4. The second kappa shape index (κ2) is 6.56. The first-order chi connectivity index (χ1) is 9.53. The average Bonchev–Trinajstić information content (AvgIpc) is 2.91. The normalized spacial score (nSPS) is 16.6. The van der Waals surface area contributed by atoms with E-state index in [9.17, 15) is 8.42 Å². The molecule has 0 aromatic heterocycles. The van der Waals surface area contributed by atoms with Gasteiger partial charge in [-0.15, -0.1) is 0 Å². The number of aryl methyl sites for hydroxylation is 1. The molecule has 5 nitrogen and oxygen atoms in total. The molecule has 1 aromatic carbocycles. The Balaban J connectivity index is 2.03. The quantitative estimate of drug-likeness (QED) is 0.774. The molecule has 3 N–H and O–H groups in total. The van der Waals surface area contributed by atoms with Crippen LogP contribution in [0.2, 0.25) is 0 Å². The molecule has 0 radical (unpaired) electrons. The highest BCUT2D eigenvalue weighted by molar-refractivity contribution is 7.89. The van der Waals surface area contributed by atoms with E-state index in [4.69, 9.17) is 5.73 Å². The molecule has 0 amide bonds. The fourth-order valence-corrected chi connectivity index (χ4v) is 3.90. The van der Waals surface area contributed by atoms with Gasteiger partial charge in [-0.25, -0.2) is 13.1 Å². The van der Waals surface area contributed by atoms with Gasteiger partial charge in [-0.05, 0) is 50.0 Å². The molecule has 1 aromatic rings. The van der Waals surface area contributed by atoms with Crippen molar-refractivity contribution in [1.29, 1.82) is 0 Å². The van der Waals surface area contributed by atoms with Crippen LogP contribution >= 0.6 is 0 Å². The summed E-state index contributed by atoms with van der Waals surface area (Å²) in [5.74, 6) is 0. The van der Waals surface area contributed by atoms with E-state index >= 15 is 0 Å². The van der Waals surface area contributed by atoms with Crippen LogP contribution in [0.5, 0.6) is 0 Å². The monoisotopic (exact) mass is 297 g/mol. The number of likely N-dealkylation sites (tertiary alicyclic amines) is 1. The van der Waals surface area contributed by atoms with Gasteiger partial charge in [-0.2, -0.15) is 0 Å². The molecule has 6 heteroatoms. The van der Waals surface area contributed by atoms with E-state index in [1.807, 2.05) is 6.92 Å². The van der Waals surface area contributed by atoms with E-state index in [2.05, 4.69) is 9.62 Å². The SMILES string of the molecule is CCc1ccc(N)cc1S(=O)(=O)NCCN1CCCC1. The Bertz CT molecular complexity index is 552. The van der Waals surface area contributed by atoms with Crippen LogP contribution in [0.15, 0.2) is 23.1 Å². The molecule has 0 aliphatic carbocycles. The summed E-state index contributed by atoms with van der Waals surface area (Å²) in [5.41, 5.74) is 6.98. The summed E-state index contributed by atoms with van der Waals surface area (Å²) in [6.07, 6.45) is 3.09. The van der Waals surface area contributed by atoms with Gasteiger partial charge in [-0.1, -0.05) is 13.0 Å². The third-order valence-corrected chi connectivity index (χ3v) is 5.22. The molecule has 0 spiro atoms. The zero-order chi connectivity index (χ0) is 14.6. The third-order valence-electron chi connectivity index (χ3n) is 3.68. The molecule has 1 saturated heterocycles. The number of rotatable bonds is 6. The van der Waals surface area contributed by atoms with Crippen LogP contribution in [0.25, 0.3) is 0 Å². The summed E-state index contributed by atoms with van der Waals surface area (Å²) in [4.78, 5) is 2.59. The summed E-state index contributed by atoms with van der Waals surface area (Å²) in [5, 5.41) is 0. The van der Waals surface area contributed by atoms with Crippen molar-refractivity contribution in [1.82, 2.24) is 9.62 Å². The lowest BCUT2D eigenvalue weighted by Crippen LogP contribution is -2.33. The predicted molar refractivity (Wildman–Crippen MR) is 81.1 cm³/mol. The number of nitrogens with two attached hydrogens (primary N) is 1. The number of hydrogen-bond donors (Lipinski definition) is 2. The molecular weight excluding hydrogens is 274 g/mol. The largest absolute Gasteiger partial charge is 0.399 e. The van der Waals surface area contributed by atoms with Gasteiger partial charge in [0.1, 0.15) is 0 Å². The first-order valence-corrected chi connectivity index (χ1v) is 8.61. The molecule has 20 heavy (non-hydrogen) atoms. The molecule has 1 aliphatic rings. The highest BCUT2D eigenvalue weighted by Gasteiger charge is 2.19. The molecular formula is C14H23N3O2S. The number of sulfonamides is 1. The number of nitrogen functional groups attached to an aromatic ring is 1. The number of benzene rings is 1. The Hall–Kier alpha value is -1.11. The van der Waals surface area contributed by atoms with E-state index in [1.165, 1.54) is 18.9 Å². The van der Waals surface area contributed by atoms with Crippen molar-refractivity contribution in [3.63, 3.8) is 0 Å². The van der Waals surface area contributed by atoms with Crippen molar-refractivity contribution in [3.05, 3.63) is 23.8 Å². The van der Waals surface area contributed by atoms with Crippen LogP contribution in [0.4, 0.5) is 5.69 Å². The van der Waals surface area contributed by atoms with E-state index in [0.29, 0.717) is 23.5 Å². The van der Waals surface area contributed by atoms with E-state index < -0.39 is 10.0 Å². The average molecular weight is 297 g/mol. The Morgan fingerprint density at radius 2 is 2.00 bits per heavy atom. The lowest BCUT2D eigenvalue weighted by Gasteiger charge is -2.16. The highest BCUT2D eigenvalue weighted by atomic mass is 32.2. The summed E-state index contributed by atoms with van der Waals surface area (Å²) < 4.78 is 27.4. The Kier molecular flexibility index (Phi) is 5.01. The van der Waals surface area contributed by atoms with Gasteiger partial charge in [0.2, 0.25) is 10.0 Å². The van der Waals surface area contributed by atoms with Crippen LogP contribution < -0.4 is 10.5 Å². The van der Waals surface area contributed by atoms with Crippen molar-refractivity contribution < 1.29 is 8.42 Å². The second-order valence-electron chi connectivity index (χ2n) is 5.17. The van der Waals surface area contributed by atoms with Crippen LogP contribution in [0, 0.1) is 0 Å². The van der Waals surface area contributed by atoms with Gasteiger partial charge in [0.15, 0.2) is 0 Å². The smallest absolute Gasteiger partial charge is 0.240 e. The van der Waals surface area contributed by atoms with Crippen molar-refractivity contribution in [2.75, 3.05) is 31.9 Å². The molecule has 2 rings (SSSR count). The predicted octanol–water partition coefficient (Wildman–Crippen LogP) is 1.21. The minimum atomic E-state index is -3.47. The van der Waals surface area contributed by atoms with Crippen molar-refractivity contribution in [2.45, 2.75) is 31.1 Å². The van der Waals surface area contributed by atoms with Gasteiger partial charge in [0.25, 0.3) is 0 Å². The zero-order valence-corrected chi connectivity index (χ0v) is 12.7. The maximum atomic E-state index is 12.4. The van der Waals surface area contributed by atoms with Gasteiger partial charge in [0, 0.05) is 18.8 Å². The first kappa shape index (κ1) is 15.3. The Morgan fingerprint density at radius 3 is 2.65 bits per heavy atom. The molecule has 0 atom stereocenters. The molecule has 0 unspecified atom stereocenters. The minimum Gasteiger partial charge on any atom is -0.399 e. The van der Waals surface area contributed by atoms with Crippen molar-refractivity contribution in [3.8, 4) is 0 Å². The molecule has 112 valence electrons. The molecule has 1 aliphatic heterocycles. The third kappa shape index (κ3) is 3.71. The summed E-state index contributed by atoms with van der Waals surface area (Å²) in [6.45, 7) is 5.29. The molecule has 0 bridgehead atoms. The maximum Gasteiger partial charge on any atom is 0.240 e. The molecule has 1 fully saturated rings. The van der Waals surface area contributed by atoms with E-state index in [-0.39, 0.29) is 0 Å². The lowest BCUT2D eigenvalue weighted by molar-refractivity contribution is 0.344. The van der Waals surface area contributed by atoms with Gasteiger partial charge in [-0.3, -0.25) is 0 Å². The number of nitrogens with one attached hydrogen (secondary N) is 1. The lowest BCUT2D eigenvalue weighted by atomic mass is 10.1. The number of nitrogens with zero attached hydrogens (tertiary/aromatic N) is 1. The van der Waals surface area contributed by atoms with Crippen molar-refractivity contribution in [2.24, 2.45) is 0 Å². The summed E-state index contributed by atoms with van der Waals surface area (Å²) >= 11 is 0. The fraction of sp³-hybridized carbons (Fsp3) is 0.571. The van der Waals surface area contributed by atoms with Gasteiger partial charge >= 0.3 is 0 Å². The fourth-order valence-electron chi connectivity index (χ4n) is 2.54. The van der Waals surface area contributed by atoms with E-state index in [0.717, 1.165) is 25.2 Å². The van der Waals surface area contributed by atoms with Crippen LogP contribution in [-0.2, 0) is 16.4 Å². The highest BCUT2D eigenvalue weighted by Crippen LogP contribution is 2.19. The number of anilines is 1. The topological polar surface area (TPSA) is 75.4 Å².